The zero-order chi connectivity index (χ0) is 32.5. The molecule has 1 aliphatic heterocycles. The van der Waals surface area contributed by atoms with Gasteiger partial charge in [-0.25, -0.2) is 13.2 Å². The molecule has 0 saturated carbocycles. The van der Waals surface area contributed by atoms with Crippen LogP contribution in [0.15, 0.2) is 105 Å². The van der Waals surface area contributed by atoms with Crippen molar-refractivity contribution in [2.24, 2.45) is 0 Å². The summed E-state index contributed by atoms with van der Waals surface area (Å²) in [5, 5.41) is 0. The van der Waals surface area contributed by atoms with Gasteiger partial charge in [0.05, 0.1) is 24.2 Å². The number of aryl methyl sites for hydroxylation is 4. The molecule has 5 rings (SSSR count). The molecule has 0 aliphatic carbocycles. The predicted molar refractivity (Wildman–Crippen MR) is 174 cm³/mol. The highest BCUT2D eigenvalue weighted by atomic mass is 32.2. The quantitative estimate of drug-likeness (QED) is 0.115. The normalized spacial score (nSPS) is 14.6. The van der Waals surface area contributed by atoms with Crippen LogP contribution in [-0.2, 0) is 37.4 Å². The Morgan fingerprint density at radius 3 is 2.11 bits per heavy atom. The molecule has 0 N–H and O–H groups in total. The summed E-state index contributed by atoms with van der Waals surface area (Å²) >= 11 is 0. The number of esters is 1. The van der Waals surface area contributed by atoms with E-state index in [4.69, 9.17) is 9.15 Å². The third kappa shape index (κ3) is 6.55. The van der Waals surface area contributed by atoms with Crippen LogP contribution in [0.25, 0.3) is 6.08 Å². The standard InChI is InChI=1S/C36H36N2O6S/c1-23-7-12-28(13-8-23)21-37(45(41,42)32-17-9-24(2)10-18-32)22-31-16-15-30(44-31)20-33-35(39)34(36(40)43-6)27(5)38(33)29-14-11-25(3)26(4)19-29/h7-20H,21-22H2,1-6H3/b33-20+. The first kappa shape index (κ1) is 31.7. The Balaban J connectivity index is 1.50. The number of ether oxygens (including phenoxy) is 1. The number of Topliss-reactive ketones (excluding diaryl/α,β-unsaturated/α-hetero) is 1. The Kier molecular flexibility index (Phi) is 8.95. The summed E-state index contributed by atoms with van der Waals surface area (Å²) in [6.45, 7) is 9.66. The van der Waals surface area contributed by atoms with Crippen molar-refractivity contribution in [1.82, 2.24) is 4.31 Å². The van der Waals surface area contributed by atoms with Gasteiger partial charge in [0.25, 0.3) is 0 Å². The first-order chi connectivity index (χ1) is 21.4. The van der Waals surface area contributed by atoms with Crippen LogP contribution in [-0.4, -0.2) is 31.6 Å². The molecule has 0 unspecified atom stereocenters. The van der Waals surface area contributed by atoms with E-state index in [0.717, 1.165) is 27.8 Å². The number of methoxy groups -OCH3 is 1. The topological polar surface area (TPSA) is 97.1 Å². The van der Waals surface area contributed by atoms with Crippen molar-refractivity contribution in [2.45, 2.75) is 52.6 Å². The third-order valence-corrected chi connectivity index (χ3v) is 9.77. The average Bonchev–Trinajstić information content (AvgIpc) is 3.55. The highest BCUT2D eigenvalue weighted by Gasteiger charge is 2.38. The summed E-state index contributed by atoms with van der Waals surface area (Å²) in [5.41, 5.74) is 6.33. The average molecular weight is 625 g/mol. The van der Waals surface area contributed by atoms with Gasteiger partial charge in [0.15, 0.2) is 0 Å². The smallest absolute Gasteiger partial charge is 0.343 e. The number of hydrogen-bond acceptors (Lipinski definition) is 7. The molecule has 0 radical (unpaired) electrons. The number of sulfonamides is 1. The van der Waals surface area contributed by atoms with Gasteiger partial charge in [-0.3, -0.25) is 4.79 Å². The Hall–Kier alpha value is -4.73. The first-order valence-electron chi connectivity index (χ1n) is 14.5. The van der Waals surface area contributed by atoms with Gasteiger partial charge < -0.3 is 14.1 Å². The predicted octanol–water partition coefficient (Wildman–Crippen LogP) is 6.78. The van der Waals surface area contributed by atoms with E-state index in [2.05, 4.69) is 0 Å². The molecule has 1 aromatic heterocycles. The van der Waals surface area contributed by atoms with E-state index in [1.807, 2.05) is 70.2 Å². The summed E-state index contributed by atoms with van der Waals surface area (Å²) in [5.74, 6) is -0.476. The SMILES string of the molecule is COC(=O)C1=C(C)N(c2ccc(C)c(C)c2)/C(=C/c2ccc(CN(Cc3ccc(C)cc3)S(=O)(=O)c3ccc(C)cc3)o2)C1=O. The highest BCUT2D eigenvalue weighted by Crippen LogP contribution is 2.36. The van der Waals surface area contributed by atoms with Crippen molar-refractivity contribution in [3.8, 4) is 0 Å². The van der Waals surface area contributed by atoms with Gasteiger partial charge in [-0.2, -0.15) is 4.31 Å². The Morgan fingerprint density at radius 1 is 0.844 bits per heavy atom. The Morgan fingerprint density at radius 2 is 1.49 bits per heavy atom. The minimum Gasteiger partial charge on any atom is -0.465 e. The number of carbonyl (C=O) groups is 2. The van der Waals surface area contributed by atoms with E-state index in [-0.39, 0.29) is 29.3 Å². The first-order valence-corrected chi connectivity index (χ1v) is 16.0. The van der Waals surface area contributed by atoms with Crippen molar-refractivity contribution >= 4 is 33.5 Å². The fourth-order valence-corrected chi connectivity index (χ4v) is 6.60. The summed E-state index contributed by atoms with van der Waals surface area (Å²) in [6.07, 6.45) is 1.57. The highest BCUT2D eigenvalue weighted by molar-refractivity contribution is 7.89. The van der Waals surface area contributed by atoms with Crippen molar-refractivity contribution in [3.05, 3.63) is 135 Å². The number of ketones is 1. The summed E-state index contributed by atoms with van der Waals surface area (Å²) in [7, 11) is -2.65. The van der Waals surface area contributed by atoms with Gasteiger partial charge in [0.2, 0.25) is 15.8 Å². The summed E-state index contributed by atoms with van der Waals surface area (Å²) in [6, 6.07) is 23.6. The second-order valence-corrected chi connectivity index (χ2v) is 13.2. The zero-order valence-electron chi connectivity index (χ0n) is 26.2. The van der Waals surface area contributed by atoms with Gasteiger partial charge in [-0.15, -0.1) is 0 Å². The van der Waals surface area contributed by atoms with Crippen LogP contribution in [0.3, 0.4) is 0 Å². The Labute approximate surface area is 264 Å². The Bertz CT molecular complexity index is 1930. The van der Waals surface area contributed by atoms with Gasteiger partial charge in [-0.05, 0) is 87.7 Å². The minimum absolute atomic E-state index is 0.0350. The molecule has 3 aromatic carbocycles. The van der Waals surface area contributed by atoms with Crippen molar-refractivity contribution in [3.63, 3.8) is 0 Å². The number of furan rings is 1. The number of allylic oxidation sites excluding steroid dienone is 2. The van der Waals surface area contributed by atoms with E-state index in [1.165, 1.54) is 11.4 Å². The van der Waals surface area contributed by atoms with Gasteiger partial charge in [0, 0.05) is 24.0 Å². The van der Waals surface area contributed by atoms with Crippen molar-refractivity contribution in [1.29, 1.82) is 0 Å². The molecule has 0 amide bonds. The molecule has 1 aliphatic rings. The minimum atomic E-state index is -3.89. The molecule has 0 saturated heterocycles. The largest absolute Gasteiger partial charge is 0.465 e. The number of nitrogens with zero attached hydrogens (tertiary/aromatic N) is 2. The molecular weight excluding hydrogens is 588 g/mol. The van der Waals surface area contributed by atoms with E-state index in [0.29, 0.717) is 22.9 Å². The van der Waals surface area contributed by atoms with Gasteiger partial charge in [0.1, 0.15) is 17.1 Å². The van der Waals surface area contributed by atoms with Crippen LogP contribution in [0, 0.1) is 27.7 Å². The second kappa shape index (κ2) is 12.7. The number of rotatable bonds is 9. The lowest BCUT2D eigenvalue weighted by molar-refractivity contribution is -0.137. The molecule has 45 heavy (non-hydrogen) atoms. The fraction of sp³-hybridized carbons (Fsp3) is 0.222. The number of benzene rings is 3. The summed E-state index contributed by atoms with van der Waals surface area (Å²) < 4.78 is 40.1. The maximum atomic E-state index is 13.8. The molecule has 0 bridgehead atoms. The maximum absolute atomic E-state index is 13.8. The molecular formula is C36H36N2O6S. The molecule has 0 fully saturated rings. The molecule has 0 atom stereocenters. The monoisotopic (exact) mass is 624 g/mol. The number of carbonyl (C=O) groups excluding carboxylic acids is 2. The molecule has 0 spiro atoms. The van der Waals surface area contributed by atoms with Gasteiger partial charge >= 0.3 is 5.97 Å². The number of anilines is 1. The molecule has 9 heteroatoms. The van der Waals surface area contributed by atoms with Gasteiger partial charge in [-0.1, -0.05) is 53.6 Å². The second-order valence-electron chi connectivity index (χ2n) is 11.3. The molecule has 8 nitrogen and oxygen atoms in total. The van der Waals surface area contributed by atoms with Crippen molar-refractivity contribution < 1.29 is 27.2 Å². The lowest BCUT2D eigenvalue weighted by Crippen LogP contribution is -2.30. The van der Waals surface area contributed by atoms with E-state index >= 15 is 0 Å². The summed E-state index contributed by atoms with van der Waals surface area (Å²) in [4.78, 5) is 28.1. The fourth-order valence-electron chi connectivity index (χ4n) is 5.20. The van der Waals surface area contributed by atoms with Crippen LogP contribution < -0.4 is 4.90 Å². The lowest BCUT2D eigenvalue weighted by Gasteiger charge is -2.22. The molecule has 2 heterocycles. The van der Waals surface area contributed by atoms with Crippen molar-refractivity contribution in [2.75, 3.05) is 12.0 Å². The molecule has 232 valence electrons. The van der Waals surface area contributed by atoms with E-state index < -0.39 is 21.8 Å². The number of hydrogen-bond donors (Lipinski definition) is 0. The van der Waals surface area contributed by atoms with E-state index in [1.54, 1.807) is 54.3 Å². The van der Waals surface area contributed by atoms with Crippen LogP contribution in [0.5, 0.6) is 0 Å². The maximum Gasteiger partial charge on any atom is 0.343 e. The van der Waals surface area contributed by atoms with E-state index in [9.17, 15) is 18.0 Å². The third-order valence-electron chi connectivity index (χ3n) is 7.97. The zero-order valence-corrected chi connectivity index (χ0v) is 27.1. The lowest BCUT2D eigenvalue weighted by atomic mass is 10.1. The van der Waals surface area contributed by atoms with Crippen LogP contribution in [0.2, 0.25) is 0 Å². The van der Waals surface area contributed by atoms with Crippen LogP contribution in [0.1, 0.15) is 46.3 Å². The van der Waals surface area contributed by atoms with Crippen LogP contribution in [0.4, 0.5) is 5.69 Å². The molecule has 4 aromatic rings. The van der Waals surface area contributed by atoms with Crippen LogP contribution >= 0.6 is 0 Å².